The first-order chi connectivity index (χ1) is 12.6. The van der Waals surface area contributed by atoms with Gasteiger partial charge in [-0.25, -0.2) is 4.98 Å². The number of non-ortho nitro benzene ring substituents is 1. The monoisotopic (exact) mass is 367 g/mol. The lowest BCUT2D eigenvalue weighted by molar-refractivity contribution is -0.384. The number of benzene rings is 2. The summed E-state index contributed by atoms with van der Waals surface area (Å²) in [6.07, 6.45) is 0. The topological polar surface area (TPSA) is 111 Å². The third kappa shape index (κ3) is 3.29. The van der Waals surface area contributed by atoms with E-state index in [1.807, 2.05) is 25.1 Å². The summed E-state index contributed by atoms with van der Waals surface area (Å²) in [5, 5.41) is 19.5. The fourth-order valence-corrected chi connectivity index (χ4v) is 3.17. The van der Waals surface area contributed by atoms with Crippen molar-refractivity contribution in [3.63, 3.8) is 0 Å². The van der Waals surface area contributed by atoms with Crippen LogP contribution in [0.2, 0.25) is 0 Å². The molecule has 0 atom stereocenters. The Labute approximate surface area is 151 Å². The SMILES string of the molecule is Cc1ccc2nc(SCc3nnc(-c4ccc([N+](=O)[O-])cc4)o3)[nH]c2c1. The zero-order chi connectivity index (χ0) is 18.1. The maximum atomic E-state index is 10.7. The van der Waals surface area contributed by atoms with Gasteiger partial charge < -0.3 is 9.40 Å². The number of aromatic amines is 1. The molecule has 0 saturated carbocycles. The van der Waals surface area contributed by atoms with Crippen LogP contribution in [-0.2, 0) is 5.75 Å². The van der Waals surface area contributed by atoms with E-state index in [1.165, 1.54) is 29.5 Å². The van der Waals surface area contributed by atoms with Gasteiger partial charge in [-0.05, 0) is 36.8 Å². The normalized spacial score (nSPS) is 11.1. The number of nitrogens with zero attached hydrogens (tertiary/aromatic N) is 4. The fourth-order valence-electron chi connectivity index (χ4n) is 2.45. The van der Waals surface area contributed by atoms with Crippen LogP contribution in [0.5, 0.6) is 0 Å². The predicted octanol–water partition coefficient (Wildman–Crippen LogP) is 4.12. The van der Waals surface area contributed by atoms with Crippen molar-refractivity contribution in [2.45, 2.75) is 17.8 Å². The molecule has 4 rings (SSSR count). The van der Waals surface area contributed by atoms with Gasteiger partial charge in [0.2, 0.25) is 11.8 Å². The number of nitro groups is 1. The average molecular weight is 367 g/mol. The zero-order valence-corrected chi connectivity index (χ0v) is 14.5. The van der Waals surface area contributed by atoms with E-state index in [9.17, 15) is 10.1 Å². The van der Waals surface area contributed by atoms with Crippen molar-refractivity contribution >= 4 is 28.5 Å². The molecule has 1 N–H and O–H groups in total. The molecule has 0 radical (unpaired) electrons. The molecule has 0 fully saturated rings. The number of rotatable bonds is 5. The van der Waals surface area contributed by atoms with Crippen LogP contribution in [0.3, 0.4) is 0 Å². The standard InChI is InChI=1S/C17H13N5O3S/c1-10-2-7-13-14(8-10)19-17(18-13)26-9-15-20-21-16(25-15)11-3-5-12(6-4-11)22(23)24/h2-8H,9H2,1H3,(H,18,19). The minimum absolute atomic E-state index is 0.0177. The Kier molecular flexibility index (Phi) is 4.13. The van der Waals surface area contributed by atoms with E-state index < -0.39 is 4.92 Å². The minimum Gasteiger partial charge on any atom is -0.420 e. The zero-order valence-electron chi connectivity index (χ0n) is 13.7. The molecular formula is C17H13N5O3S. The second kappa shape index (κ2) is 6.60. The molecule has 0 saturated heterocycles. The van der Waals surface area contributed by atoms with Gasteiger partial charge in [-0.2, -0.15) is 0 Å². The number of thioether (sulfide) groups is 1. The highest BCUT2D eigenvalue weighted by Crippen LogP contribution is 2.26. The molecule has 0 unspecified atom stereocenters. The number of hydrogen-bond donors (Lipinski definition) is 1. The fraction of sp³-hybridized carbons (Fsp3) is 0.118. The number of H-pyrrole nitrogens is 1. The highest BCUT2D eigenvalue weighted by atomic mass is 32.2. The second-order valence-corrected chi connectivity index (χ2v) is 6.62. The van der Waals surface area contributed by atoms with Crippen LogP contribution in [0.4, 0.5) is 5.69 Å². The van der Waals surface area contributed by atoms with Crippen LogP contribution in [0.1, 0.15) is 11.5 Å². The number of nitro benzene ring substituents is 1. The number of aromatic nitrogens is 4. The van der Waals surface area contributed by atoms with E-state index in [2.05, 4.69) is 20.2 Å². The first kappa shape index (κ1) is 16.3. The van der Waals surface area contributed by atoms with E-state index in [0.717, 1.165) is 16.2 Å². The van der Waals surface area contributed by atoms with Crippen molar-refractivity contribution in [2.24, 2.45) is 0 Å². The second-order valence-electron chi connectivity index (χ2n) is 5.66. The summed E-state index contributed by atoms with van der Waals surface area (Å²) >= 11 is 1.47. The molecule has 2 aromatic heterocycles. The van der Waals surface area contributed by atoms with Crippen LogP contribution in [0.25, 0.3) is 22.5 Å². The Morgan fingerprint density at radius 1 is 1.19 bits per heavy atom. The van der Waals surface area contributed by atoms with Gasteiger partial charge in [0.05, 0.1) is 21.7 Å². The maximum Gasteiger partial charge on any atom is 0.269 e. The van der Waals surface area contributed by atoms with E-state index in [0.29, 0.717) is 23.1 Å². The van der Waals surface area contributed by atoms with Crippen LogP contribution in [0, 0.1) is 17.0 Å². The third-order valence-corrected chi connectivity index (χ3v) is 4.60. The maximum absolute atomic E-state index is 10.7. The molecule has 2 heterocycles. The largest absolute Gasteiger partial charge is 0.420 e. The van der Waals surface area contributed by atoms with Gasteiger partial charge in [0.15, 0.2) is 5.16 Å². The first-order valence-corrected chi connectivity index (χ1v) is 8.73. The predicted molar refractivity (Wildman–Crippen MR) is 96.8 cm³/mol. The quantitative estimate of drug-likeness (QED) is 0.321. The Morgan fingerprint density at radius 2 is 2.00 bits per heavy atom. The Bertz CT molecular complexity index is 1090. The minimum atomic E-state index is -0.450. The van der Waals surface area contributed by atoms with Crippen molar-refractivity contribution in [3.8, 4) is 11.5 Å². The highest BCUT2D eigenvalue weighted by Gasteiger charge is 2.12. The summed E-state index contributed by atoms with van der Waals surface area (Å²) in [6.45, 7) is 2.03. The molecule has 4 aromatic rings. The van der Waals surface area contributed by atoms with Gasteiger partial charge in [-0.1, -0.05) is 17.8 Å². The lowest BCUT2D eigenvalue weighted by Crippen LogP contribution is -1.87. The molecule has 8 nitrogen and oxygen atoms in total. The molecule has 0 aliphatic carbocycles. The molecule has 0 amide bonds. The highest BCUT2D eigenvalue weighted by molar-refractivity contribution is 7.98. The number of hydrogen-bond acceptors (Lipinski definition) is 7. The number of fused-ring (bicyclic) bond motifs is 1. The van der Waals surface area contributed by atoms with Gasteiger partial charge >= 0.3 is 0 Å². The summed E-state index contributed by atoms with van der Waals surface area (Å²) in [6, 6.07) is 12.0. The van der Waals surface area contributed by atoms with Gasteiger partial charge in [0.25, 0.3) is 5.69 Å². The molecule has 0 bridgehead atoms. The molecular weight excluding hydrogens is 354 g/mol. The van der Waals surface area contributed by atoms with Crippen molar-refractivity contribution in [1.82, 2.24) is 20.2 Å². The van der Waals surface area contributed by atoms with Gasteiger partial charge in [0.1, 0.15) is 0 Å². The van der Waals surface area contributed by atoms with Crippen LogP contribution in [0.15, 0.2) is 52.0 Å². The van der Waals surface area contributed by atoms with E-state index in [1.54, 1.807) is 12.1 Å². The van der Waals surface area contributed by atoms with E-state index in [-0.39, 0.29) is 5.69 Å². The van der Waals surface area contributed by atoms with Crippen molar-refractivity contribution in [3.05, 3.63) is 64.0 Å². The summed E-state index contributed by atoms with van der Waals surface area (Å²) < 4.78 is 5.63. The Balaban J connectivity index is 1.46. The van der Waals surface area contributed by atoms with E-state index in [4.69, 9.17) is 4.42 Å². The van der Waals surface area contributed by atoms with Gasteiger partial charge in [-0.15, -0.1) is 10.2 Å². The van der Waals surface area contributed by atoms with Gasteiger partial charge in [0, 0.05) is 17.7 Å². The van der Waals surface area contributed by atoms with Crippen LogP contribution < -0.4 is 0 Å². The van der Waals surface area contributed by atoms with Crippen molar-refractivity contribution in [2.75, 3.05) is 0 Å². The molecule has 0 spiro atoms. The number of imidazole rings is 1. The molecule has 0 aliphatic rings. The van der Waals surface area contributed by atoms with Crippen molar-refractivity contribution < 1.29 is 9.34 Å². The molecule has 2 aromatic carbocycles. The van der Waals surface area contributed by atoms with Crippen LogP contribution >= 0.6 is 11.8 Å². The Morgan fingerprint density at radius 3 is 2.77 bits per heavy atom. The number of nitrogens with one attached hydrogen (secondary N) is 1. The molecule has 0 aliphatic heterocycles. The molecule has 26 heavy (non-hydrogen) atoms. The third-order valence-electron chi connectivity index (χ3n) is 3.74. The smallest absolute Gasteiger partial charge is 0.269 e. The molecule has 9 heteroatoms. The lowest BCUT2D eigenvalue weighted by Gasteiger charge is -1.95. The summed E-state index contributed by atoms with van der Waals surface area (Å²) in [4.78, 5) is 18.0. The van der Waals surface area contributed by atoms with Crippen LogP contribution in [-0.4, -0.2) is 25.1 Å². The van der Waals surface area contributed by atoms with Crippen molar-refractivity contribution in [1.29, 1.82) is 0 Å². The lowest BCUT2D eigenvalue weighted by atomic mass is 10.2. The molecule has 130 valence electrons. The van der Waals surface area contributed by atoms with E-state index >= 15 is 0 Å². The number of aryl methyl sites for hydroxylation is 1. The summed E-state index contributed by atoms with van der Waals surface area (Å²) in [7, 11) is 0. The van der Waals surface area contributed by atoms with Gasteiger partial charge in [-0.3, -0.25) is 10.1 Å². The average Bonchev–Trinajstić information content (AvgIpc) is 3.26. The summed E-state index contributed by atoms with van der Waals surface area (Å²) in [5.74, 6) is 1.26. The summed E-state index contributed by atoms with van der Waals surface area (Å²) in [5.41, 5.74) is 3.73. The Hall–Kier alpha value is -3.20. The first-order valence-electron chi connectivity index (χ1n) is 7.75.